The highest BCUT2D eigenvalue weighted by Crippen LogP contribution is 2.37. The molecule has 0 aromatic carbocycles. The van der Waals surface area contributed by atoms with Crippen LogP contribution in [0, 0.1) is 11.8 Å². The van der Waals surface area contributed by atoms with E-state index in [1.54, 1.807) is 11.4 Å². The maximum Gasteiger partial charge on any atom is 0.271 e. The molecule has 21 heavy (non-hydrogen) atoms. The molecule has 2 heterocycles. The molecule has 1 aliphatic carbocycles. The average molecular weight is 306 g/mol. The summed E-state index contributed by atoms with van der Waals surface area (Å²) in [5.74, 6) is -1.35. The highest BCUT2D eigenvalue weighted by Gasteiger charge is 2.49. The van der Waals surface area contributed by atoms with Gasteiger partial charge in [0.2, 0.25) is 0 Å². The first-order chi connectivity index (χ1) is 10.1. The van der Waals surface area contributed by atoms with Gasteiger partial charge < -0.3 is 0 Å². The molecule has 1 N–H and O–H groups in total. The second-order valence-electron chi connectivity index (χ2n) is 5.61. The molecule has 1 aliphatic heterocycles. The Bertz CT molecular complexity index is 571. The highest BCUT2D eigenvalue weighted by molar-refractivity contribution is 7.10. The molecule has 2 aliphatic rings. The number of nitrogens with zero attached hydrogens (tertiary/aromatic N) is 1. The van der Waals surface area contributed by atoms with Crippen LogP contribution in [0.3, 0.4) is 0 Å². The molecule has 2 fully saturated rings. The third-order valence-electron chi connectivity index (χ3n) is 4.32. The Kier molecular flexibility index (Phi) is 3.80. The lowest BCUT2D eigenvalue weighted by molar-refractivity contribution is -0.142. The summed E-state index contributed by atoms with van der Waals surface area (Å²) in [6.07, 6.45) is 4.32. The van der Waals surface area contributed by atoms with E-state index in [1.165, 1.54) is 11.3 Å². The predicted octanol–water partition coefficient (Wildman–Crippen LogP) is 2.13. The SMILES string of the molecule is CCc1cc(C(=O)NN2C(=O)[C@H]3CCCC[C@H]3C2=O)cs1. The number of hydrogen-bond acceptors (Lipinski definition) is 4. The van der Waals surface area contributed by atoms with Crippen molar-refractivity contribution < 1.29 is 14.4 Å². The minimum absolute atomic E-state index is 0.236. The van der Waals surface area contributed by atoms with Gasteiger partial charge in [-0.3, -0.25) is 19.8 Å². The molecule has 6 heteroatoms. The fourth-order valence-electron chi connectivity index (χ4n) is 3.12. The molecule has 2 atom stereocenters. The van der Waals surface area contributed by atoms with Crippen molar-refractivity contribution in [3.63, 3.8) is 0 Å². The van der Waals surface area contributed by atoms with Gasteiger partial charge in [-0.05, 0) is 25.3 Å². The van der Waals surface area contributed by atoms with Crippen LogP contribution in [0.1, 0.15) is 47.8 Å². The summed E-state index contributed by atoms with van der Waals surface area (Å²) < 4.78 is 0. The van der Waals surface area contributed by atoms with Crippen molar-refractivity contribution >= 4 is 29.1 Å². The van der Waals surface area contributed by atoms with Crippen LogP contribution in [0.15, 0.2) is 11.4 Å². The van der Waals surface area contributed by atoms with E-state index in [1.807, 2.05) is 6.92 Å². The Morgan fingerprint density at radius 3 is 2.43 bits per heavy atom. The number of hydrazine groups is 1. The Morgan fingerprint density at radius 2 is 1.90 bits per heavy atom. The monoisotopic (exact) mass is 306 g/mol. The standard InChI is InChI=1S/C15H18N2O3S/c1-2-10-7-9(8-21-10)13(18)16-17-14(19)11-5-3-4-6-12(11)15(17)20/h7-8,11-12H,2-6H2,1H3,(H,16,18)/t11-,12+. The summed E-state index contributed by atoms with van der Waals surface area (Å²) in [5.41, 5.74) is 3.00. The lowest BCUT2D eigenvalue weighted by Crippen LogP contribution is -2.46. The first-order valence-electron chi connectivity index (χ1n) is 7.38. The van der Waals surface area contributed by atoms with Crippen LogP contribution >= 0.6 is 11.3 Å². The van der Waals surface area contributed by atoms with E-state index < -0.39 is 0 Å². The van der Waals surface area contributed by atoms with Gasteiger partial charge in [0.05, 0.1) is 17.4 Å². The highest BCUT2D eigenvalue weighted by atomic mass is 32.1. The van der Waals surface area contributed by atoms with Crippen LogP contribution in [-0.4, -0.2) is 22.7 Å². The van der Waals surface area contributed by atoms with Crippen LogP contribution in [0.25, 0.3) is 0 Å². The number of thiophene rings is 1. The van der Waals surface area contributed by atoms with Crippen molar-refractivity contribution in [3.05, 3.63) is 21.9 Å². The van der Waals surface area contributed by atoms with Gasteiger partial charge in [-0.2, -0.15) is 5.01 Å². The first-order valence-corrected chi connectivity index (χ1v) is 8.26. The molecule has 0 spiro atoms. The zero-order chi connectivity index (χ0) is 15.0. The summed E-state index contributed by atoms with van der Waals surface area (Å²) in [4.78, 5) is 37.8. The molecule has 0 unspecified atom stereocenters. The number of amides is 3. The second-order valence-corrected chi connectivity index (χ2v) is 6.60. The molecule has 1 aromatic heterocycles. The predicted molar refractivity (Wildman–Crippen MR) is 78.5 cm³/mol. The van der Waals surface area contributed by atoms with Crippen molar-refractivity contribution in [3.8, 4) is 0 Å². The lowest BCUT2D eigenvalue weighted by atomic mass is 9.81. The van der Waals surface area contributed by atoms with Gasteiger partial charge in [0.15, 0.2) is 0 Å². The van der Waals surface area contributed by atoms with Crippen LogP contribution in [0.5, 0.6) is 0 Å². The largest absolute Gasteiger partial charge is 0.272 e. The van der Waals surface area contributed by atoms with Crippen molar-refractivity contribution in [1.29, 1.82) is 0 Å². The maximum atomic E-state index is 12.3. The van der Waals surface area contributed by atoms with E-state index in [4.69, 9.17) is 0 Å². The van der Waals surface area contributed by atoms with E-state index in [2.05, 4.69) is 5.43 Å². The van der Waals surface area contributed by atoms with Crippen LogP contribution < -0.4 is 5.43 Å². The van der Waals surface area contributed by atoms with E-state index >= 15 is 0 Å². The smallest absolute Gasteiger partial charge is 0.271 e. The van der Waals surface area contributed by atoms with Crippen molar-refractivity contribution in [2.24, 2.45) is 11.8 Å². The fraction of sp³-hybridized carbons (Fsp3) is 0.533. The minimum Gasteiger partial charge on any atom is -0.272 e. The molecular formula is C15H18N2O3S. The van der Waals surface area contributed by atoms with Crippen molar-refractivity contribution in [2.45, 2.75) is 39.0 Å². The number of aryl methyl sites for hydroxylation is 1. The van der Waals surface area contributed by atoms with Crippen LogP contribution in [0.4, 0.5) is 0 Å². The summed E-state index contributed by atoms with van der Waals surface area (Å²) in [6, 6.07) is 1.80. The summed E-state index contributed by atoms with van der Waals surface area (Å²) in [5, 5.41) is 2.71. The first kappa shape index (κ1) is 14.3. The lowest BCUT2D eigenvalue weighted by Gasteiger charge is -2.19. The van der Waals surface area contributed by atoms with Crippen molar-refractivity contribution in [2.75, 3.05) is 0 Å². The van der Waals surface area contributed by atoms with E-state index in [-0.39, 0.29) is 29.6 Å². The zero-order valence-electron chi connectivity index (χ0n) is 11.9. The van der Waals surface area contributed by atoms with Gasteiger partial charge >= 0.3 is 0 Å². The number of hydrogen-bond donors (Lipinski definition) is 1. The molecular weight excluding hydrogens is 288 g/mol. The molecule has 1 saturated carbocycles. The fourth-order valence-corrected chi connectivity index (χ4v) is 3.94. The summed E-state index contributed by atoms with van der Waals surface area (Å²) >= 11 is 1.51. The topological polar surface area (TPSA) is 66.5 Å². The molecule has 3 amide bonds. The Hall–Kier alpha value is -1.69. The molecule has 1 aromatic rings. The number of carbonyl (C=O) groups is 3. The normalized spacial score (nSPS) is 25.1. The van der Waals surface area contributed by atoms with Gasteiger partial charge in [0.25, 0.3) is 17.7 Å². The summed E-state index contributed by atoms with van der Waals surface area (Å²) in [6.45, 7) is 2.02. The van der Waals surface area contributed by atoms with Crippen LogP contribution in [0.2, 0.25) is 0 Å². The Labute approximate surface area is 127 Å². The average Bonchev–Trinajstić information content (AvgIpc) is 3.07. The third-order valence-corrected chi connectivity index (χ3v) is 5.40. The van der Waals surface area contributed by atoms with Gasteiger partial charge in [-0.15, -0.1) is 11.3 Å². The van der Waals surface area contributed by atoms with Gasteiger partial charge in [0.1, 0.15) is 0 Å². The third kappa shape index (κ3) is 2.48. The maximum absolute atomic E-state index is 12.3. The van der Waals surface area contributed by atoms with E-state index in [0.717, 1.165) is 42.0 Å². The number of carbonyl (C=O) groups excluding carboxylic acids is 3. The molecule has 1 saturated heterocycles. The number of nitrogens with one attached hydrogen (secondary N) is 1. The number of fused-ring (bicyclic) bond motifs is 1. The quantitative estimate of drug-likeness (QED) is 0.870. The van der Waals surface area contributed by atoms with Gasteiger partial charge in [0, 0.05) is 10.3 Å². The van der Waals surface area contributed by atoms with E-state index in [9.17, 15) is 14.4 Å². The molecule has 5 nitrogen and oxygen atoms in total. The van der Waals surface area contributed by atoms with Crippen molar-refractivity contribution in [1.82, 2.24) is 10.4 Å². The number of rotatable bonds is 3. The summed E-state index contributed by atoms with van der Waals surface area (Å²) in [7, 11) is 0. The minimum atomic E-state index is -0.383. The Morgan fingerprint density at radius 1 is 1.29 bits per heavy atom. The Balaban J connectivity index is 1.73. The van der Waals surface area contributed by atoms with Crippen LogP contribution in [-0.2, 0) is 16.0 Å². The molecule has 0 radical (unpaired) electrons. The number of imide groups is 1. The molecule has 0 bridgehead atoms. The van der Waals surface area contributed by atoms with Gasteiger partial charge in [-0.1, -0.05) is 19.8 Å². The zero-order valence-corrected chi connectivity index (χ0v) is 12.7. The van der Waals surface area contributed by atoms with E-state index in [0.29, 0.717) is 5.56 Å². The molecule has 112 valence electrons. The molecule has 3 rings (SSSR count). The van der Waals surface area contributed by atoms with Gasteiger partial charge in [-0.25, -0.2) is 0 Å². The second kappa shape index (κ2) is 5.60.